The Kier molecular flexibility index (Phi) is 4.99. The highest BCUT2D eigenvalue weighted by Gasteiger charge is 2.18. The molecule has 0 radical (unpaired) electrons. The van der Waals surface area contributed by atoms with E-state index in [1.807, 2.05) is 32.3 Å². The van der Waals surface area contributed by atoms with Gasteiger partial charge in [0, 0.05) is 6.04 Å². The summed E-state index contributed by atoms with van der Waals surface area (Å²) in [4.78, 5) is 17.2. The van der Waals surface area contributed by atoms with Gasteiger partial charge < -0.3 is 26.5 Å². The van der Waals surface area contributed by atoms with Gasteiger partial charge in [-0.25, -0.2) is 4.98 Å². The average Bonchev–Trinajstić information content (AvgIpc) is 2.88. The lowest BCUT2D eigenvalue weighted by Gasteiger charge is -2.20. The van der Waals surface area contributed by atoms with Crippen molar-refractivity contribution >= 4 is 28.9 Å². The molecule has 0 saturated heterocycles. The third-order valence-electron chi connectivity index (χ3n) is 3.51. The number of guanidine groups is 1. The first kappa shape index (κ1) is 16.9. The molecule has 2 aromatic rings. The first-order valence-corrected chi connectivity index (χ1v) is 7.55. The molecular weight excluding hydrogens is 296 g/mol. The van der Waals surface area contributed by atoms with Gasteiger partial charge in [-0.3, -0.25) is 0 Å². The van der Waals surface area contributed by atoms with Gasteiger partial charge in [-0.15, -0.1) is 0 Å². The highest BCUT2D eigenvalue weighted by molar-refractivity contribution is 5.88. The molecule has 0 bridgehead atoms. The fourth-order valence-electron chi connectivity index (χ4n) is 2.13. The summed E-state index contributed by atoms with van der Waals surface area (Å²) in [6, 6.07) is 0.00321. The fourth-order valence-corrected chi connectivity index (χ4v) is 2.13. The molecule has 0 saturated carbocycles. The van der Waals surface area contributed by atoms with Crippen molar-refractivity contribution in [2.45, 2.75) is 39.8 Å². The van der Waals surface area contributed by atoms with Crippen LogP contribution in [0.3, 0.4) is 0 Å². The van der Waals surface area contributed by atoms with Crippen LogP contribution in [-0.4, -0.2) is 43.2 Å². The lowest BCUT2D eigenvalue weighted by atomic mass is 10.1. The Hall–Kier alpha value is -2.42. The first-order valence-electron chi connectivity index (χ1n) is 7.55. The van der Waals surface area contributed by atoms with E-state index in [4.69, 9.17) is 11.5 Å². The molecule has 0 unspecified atom stereocenters. The highest BCUT2D eigenvalue weighted by Crippen LogP contribution is 2.25. The zero-order valence-corrected chi connectivity index (χ0v) is 13.9. The number of nitrogens with one attached hydrogen (secondary N) is 1. The van der Waals surface area contributed by atoms with Gasteiger partial charge in [0.1, 0.15) is 0 Å². The minimum Gasteiger partial charge on any atom is -0.394 e. The second-order valence-corrected chi connectivity index (χ2v) is 6.00. The van der Waals surface area contributed by atoms with E-state index in [1.54, 1.807) is 6.33 Å². The van der Waals surface area contributed by atoms with Gasteiger partial charge in [0.2, 0.25) is 5.95 Å². The number of nitrogens with two attached hydrogens (primary N) is 2. The summed E-state index contributed by atoms with van der Waals surface area (Å²) in [6.45, 7) is 8.03. The minimum atomic E-state index is -0.171. The van der Waals surface area contributed by atoms with Crippen molar-refractivity contribution in [1.82, 2.24) is 19.5 Å². The van der Waals surface area contributed by atoms with E-state index >= 15 is 0 Å². The van der Waals surface area contributed by atoms with Crippen molar-refractivity contribution in [1.29, 1.82) is 0 Å². The van der Waals surface area contributed by atoms with Gasteiger partial charge in [-0.2, -0.15) is 15.0 Å². The molecule has 0 amide bonds. The Morgan fingerprint density at radius 2 is 2.00 bits per heavy atom. The number of hydrogen-bond donors (Lipinski definition) is 4. The SMILES string of the molecule is CC(C)[C@@H](CO)Nc1nc(N=C(N)N)c2ncn(C(C)C)c2n1. The Labute approximate surface area is 134 Å². The summed E-state index contributed by atoms with van der Waals surface area (Å²) in [6.07, 6.45) is 1.69. The lowest BCUT2D eigenvalue weighted by molar-refractivity contribution is 0.248. The highest BCUT2D eigenvalue weighted by atomic mass is 16.3. The van der Waals surface area contributed by atoms with E-state index in [9.17, 15) is 5.11 Å². The van der Waals surface area contributed by atoms with Crippen molar-refractivity contribution < 1.29 is 5.11 Å². The smallest absolute Gasteiger partial charge is 0.227 e. The molecule has 2 heterocycles. The molecule has 0 aromatic carbocycles. The molecule has 0 aliphatic rings. The lowest BCUT2D eigenvalue weighted by Crippen LogP contribution is -2.30. The Balaban J connectivity index is 2.57. The number of hydrogen-bond acceptors (Lipinski definition) is 6. The Morgan fingerprint density at radius 1 is 1.30 bits per heavy atom. The first-order chi connectivity index (χ1) is 10.8. The van der Waals surface area contributed by atoms with Crippen molar-refractivity contribution in [3.05, 3.63) is 6.33 Å². The van der Waals surface area contributed by atoms with Gasteiger partial charge in [-0.1, -0.05) is 13.8 Å². The van der Waals surface area contributed by atoms with Gasteiger partial charge in [0.15, 0.2) is 22.9 Å². The normalized spacial score (nSPS) is 12.8. The minimum absolute atomic E-state index is 0.0276. The number of nitrogens with zero attached hydrogens (tertiary/aromatic N) is 5. The molecule has 9 nitrogen and oxygen atoms in total. The van der Waals surface area contributed by atoms with Crippen LogP contribution in [0.5, 0.6) is 0 Å². The van der Waals surface area contributed by atoms with Crippen LogP contribution in [0.25, 0.3) is 11.2 Å². The van der Waals surface area contributed by atoms with Crippen LogP contribution in [0, 0.1) is 5.92 Å². The number of anilines is 1. The zero-order chi connectivity index (χ0) is 17.1. The van der Waals surface area contributed by atoms with Gasteiger partial charge in [0.05, 0.1) is 19.0 Å². The Bertz CT molecular complexity index is 702. The van der Waals surface area contributed by atoms with Gasteiger partial charge in [0.25, 0.3) is 0 Å². The van der Waals surface area contributed by atoms with Crippen LogP contribution in [0.4, 0.5) is 11.8 Å². The third kappa shape index (κ3) is 3.67. The van der Waals surface area contributed by atoms with Crippen LogP contribution in [0.15, 0.2) is 11.3 Å². The number of fused-ring (bicyclic) bond motifs is 1. The number of aliphatic imine (C=N–C) groups is 1. The molecule has 6 N–H and O–H groups in total. The number of aliphatic hydroxyl groups excluding tert-OH is 1. The van der Waals surface area contributed by atoms with Crippen LogP contribution >= 0.6 is 0 Å². The molecule has 0 spiro atoms. The second kappa shape index (κ2) is 6.78. The maximum absolute atomic E-state index is 9.49. The summed E-state index contributed by atoms with van der Waals surface area (Å²) >= 11 is 0. The van der Waals surface area contributed by atoms with E-state index in [-0.39, 0.29) is 30.6 Å². The summed E-state index contributed by atoms with van der Waals surface area (Å²) in [5, 5.41) is 12.6. The van der Waals surface area contributed by atoms with E-state index in [0.717, 1.165) is 0 Å². The molecule has 0 fully saturated rings. The van der Waals surface area contributed by atoms with Crippen molar-refractivity contribution in [2.24, 2.45) is 22.4 Å². The fraction of sp³-hybridized carbons (Fsp3) is 0.571. The molecule has 23 heavy (non-hydrogen) atoms. The summed E-state index contributed by atoms with van der Waals surface area (Å²) in [7, 11) is 0. The van der Waals surface area contributed by atoms with Crippen molar-refractivity contribution in [3.8, 4) is 0 Å². The average molecular weight is 320 g/mol. The summed E-state index contributed by atoms with van der Waals surface area (Å²) < 4.78 is 1.91. The van der Waals surface area contributed by atoms with Crippen molar-refractivity contribution in [2.75, 3.05) is 11.9 Å². The second-order valence-electron chi connectivity index (χ2n) is 6.00. The van der Waals surface area contributed by atoms with Gasteiger partial charge in [-0.05, 0) is 19.8 Å². The quantitative estimate of drug-likeness (QED) is 0.454. The van der Waals surface area contributed by atoms with E-state index < -0.39 is 0 Å². The summed E-state index contributed by atoms with van der Waals surface area (Å²) in [5.74, 6) is 0.767. The number of rotatable bonds is 6. The van der Waals surface area contributed by atoms with E-state index in [2.05, 4.69) is 25.3 Å². The van der Waals surface area contributed by atoms with E-state index in [1.165, 1.54) is 0 Å². The molecule has 0 aliphatic heterocycles. The number of imidazole rings is 1. The topological polar surface area (TPSA) is 140 Å². The number of aromatic nitrogens is 4. The predicted octanol–water partition coefficient (Wildman–Crippen LogP) is 0.741. The third-order valence-corrected chi connectivity index (χ3v) is 3.51. The molecule has 2 aromatic heterocycles. The maximum atomic E-state index is 9.49. The molecular formula is C14H24N8O. The zero-order valence-electron chi connectivity index (χ0n) is 13.9. The monoisotopic (exact) mass is 320 g/mol. The maximum Gasteiger partial charge on any atom is 0.227 e. The van der Waals surface area contributed by atoms with E-state index in [0.29, 0.717) is 22.9 Å². The standard InChI is InChI=1S/C14H24N8O/c1-7(2)9(5-23)18-14-20-11(19-13(15)16)10-12(21-14)22(6-17-10)8(3)4/h6-9,23H,5H2,1-4H3,(H5,15,16,18,19,20,21)/t9-/m1/s1. The summed E-state index contributed by atoms with van der Waals surface area (Å²) in [5.41, 5.74) is 12.1. The van der Waals surface area contributed by atoms with Crippen LogP contribution in [0.2, 0.25) is 0 Å². The predicted molar refractivity (Wildman–Crippen MR) is 90.5 cm³/mol. The molecule has 2 rings (SSSR count). The van der Waals surface area contributed by atoms with Gasteiger partial charge >= 0.3 is 0 Å². The molecule has 126 valence electrons. The van der Waals surface area contributed by atoms with Crippen LogP contribution in [0.1, 0.15) is 33.7 Å². The largest absolute Gasteiger partial charge is 0.394 e. The van der Waals surface area contributed by atoms with Crippen LogP contribution in [-0.2, 0) is 0 Å². The Morgan fingerprint density at radius 3 is 2.52 bits per heavy atom. The molecule has 9 heteroatoms. The van der Waals surface area contributed by atoms with Crippen molar-refractivity contribution in [3.63, 3.8) is 0 Å². The van der Waals surface area contributed by atoms with Crippen LogP contribution < -0.4 is 16.8 Å². The number of aliphatic hydroxyl groups is 1. The molecule has 1 atom stereocenters. The molecule has 0 aliphatic carbocycles.